The van der Waals surface area contributed by atoms with Gasteiger partial charge in [-0.3, -0.25) is 0 Å². The predicted octanol–water partition coefficient (Wildman–Crippen LogP) is 4.06. The first-order valence-electron chi connectivity index (χ1n) is 12.4. The maximum absolute atomic E-state index is 10.4. The van der Waals surface area contributed by atoms with Crippen LogP contribution in [-0.2, 0) is 4.74 Å². The lowest BCUT2D eigenvalue weighted by Gasteiger charge is -2.44. The van der Waals surface area contributed by atoms with E-state index in [1.54, 1.807) is 0 Å². The summed E-state index contributed by atoms with van der Waals surface area (Å²) >= 11 is 0. The predicted molar refractivity (Wildman–Crippen MR) is 127 cm³/mol. The average molecular weight is 449 g/mol. The molecule has 0 aromatic heterocycles. The monoisotopic (exact) mass is 448 g/mol. The van der Waals surface area contributed by atoms with Gasteiger partial charge < -0.3 is 25.2 Å². The Kier molecular flexibility index (Phi) is 8.43. The molecule has 0 amide bonds. The van der Waals surface area contributed by atoms with Gasteiger partial charge in [-0.1, -0.05) is 36.3 Å². The molecule has 3 rings (SSSR count). The van der Waals surface area contributed by atoms with E-state index in [0.717, 1.165) is 12.0 Å². The van der Waals surface area contributed by atoms with Gasteiger partial charge in [0.2, 0.25) is 0 Å². The Labute approximate surface area is 193 Å². The lowest BCUT2D eigenvalue weighted by Crippen LogP contribution is -2.39. The third-order valence-electron chi connectivity index (χ3n) is 8.24. The van der Waals surface area contributed by atoms with Crippen LogP contribution < -0.4 is 0 Å². The Morgan fingerprint density at radius 3 is 2.47 bits per heavy atom. The fourth-order valence-electron chi connectivity index (χ4n) is 6.44. The molecule has 0 saturated heterocycles. The van der Waals surface area contributed by atoms with Crippen molar-refractivity contribution in [1.29, 1.82) is 0 Å². The van der Waals surface area contributed by atoms with E-state index in [4.69, 9.17) is 9.84 Å². The van der Waals surface area contributed by atoms with Gasteiger partial charge in [0.05, 0.1) is 30.5 Å². The van der Waals surface area contributed by atoms with Crippen LogP contribution >= 0.6 is 0 Å². The number of hydrogen-bond donors (Lipinski definition) is 4. The molecule has 3 fully saturated rings. The zero-order valence-corrected chi connectivity index (χ0v) is 20.4. The van der Waals surface area contributed by atoms with Crippen LogP contribution in [0.4, 0.5) is 0 Å². The van der Waals surface area contributed by atoms with Crippen molar-refractivity contribution in [3.05, 3.63) is 34.9 Å². The molecular formula is C27H44O5. The SMILES string of the molecule is C[C@@H](OCCC(C)(C)O)C1CCC2/C(=C/C=C3C[C@@H](O)C(=CCO)[C@H](O)C3)CCCC21C. The van der Waals surface area contributed by atoms with Gasteiger partial charge >= 0.3 is 0 Å². The highest BCUT2D eigenvalue weighted by molar-refractivity contribution is 5.30. The molecule has 3 saturated carbocycles. The smallest absolute Gasteiger partial charge is 0.0813 e. The van der Waals surface area contributed by atoms with Crippen molar-refractivity contribution < 1.29 is 25.2 Å². The van der Waals surface area contributed by atoms with Crippen LogP contribution in [0.25, 0.3) is 0 Å². The Bertz CT molecular complexity index is 715. The number of aliphatic hydroxyl groups is 4. The van der Waals surface area contributed by atoms with E-state index in [1.807, 2.05) is 13.8 Å². The maximum atomic E-state index is 10.4. The van der Waals surface area contributed by atoms with Crippen LogP contribution in [0.3, 0.4) is 0 Å². The lowest BCUT2D eigenvalue weighted by atomic mass is 9.62. The van der Waals surface area contributed by atoms with Gasteiger partial charge in [-0.25, -0.2) is 0 Å². The van der Waals surface area contributed by atoms with Crippen molar-refractivity contribution in [1.82, 2.24) is 0 Å². The van der Waals surface area contributed by atoms with Crippen LogP contribution in [-0.4, -0.2) is 57.6 Å². The minimum atomic E-state index is -0.718. The summed E-state index contributed by atoms with van der Waals surface area (Å²) in [6.07, 6.45) is 12.2. The molecule has 182 valence electrons. The van der Waals surface area contributed by atoms with E-state index >= 15 is 0 Å². The number of aliphatic hydroxyl groups excluding tert-OH is 3. The zero-order valence-electron chi connectivity index (χ0n) is 20.4. The fraction of sp³-hybridized carbons (Fsp3) is 0.778. The highest BCUT2D eigenvalue weighted by atomic mass is 16.5. The van der Waals surface area contributed by atoms with Gasteiger partial charge in [-0.15, -0.1) is 0 Å². The molecule has 0 aliphatic heterocycles. The molecule has 0 radical (unpaired) electrons. The quantitative estimate of drug-likeness (QED) is 0.441. The summed E-state index contributed by atoms with van der Waals surface area (Å²) in [7, 11) is 0. The third kappa shape index (κ3) is 5.92. The molecule has 0 spiro atoms. The maximum Gasteiger partial charge on any atom is 0.0813 e. The zero-order chi connectivity index (χ0) is 23.5. The van der Waals surface area contributed by atoms with Crippen molar-refractivity contribution in [3.8, 4) is 0 Å². The molecule has 0 bridgehead atoms. The second-order valence-corrected chi connectivity index (χ2v) is 11.1. The fourth-order valence-corrected chi connectivity index (χ4v) is 6.44. The van der Waals surface area contributed by atoms with Gasteiger partial charge in [-0.2, -0.15) is 0 Å². The number of allylic oxidation sites excluding steroid dienone is 3. The molecule has 6 atom stereocenters. The summed E-state index contributed by atoms with van der Waals surface area (Å²) in [5.41, 5.74) is 2.65. The Hall–Kier alpha value is -0.980. The molecule has 3 unspecified atom stereocenters. The Morgan fingerprint density at radius 2 is 1.84 bits per heavy atom. The first kappa shape index (κ1) is 25.6. The Balaban J connectivity index is 1.67. The molecule has 3 aliphatic carbocycles. The molecule has 0 aromatic carbocycles. The Morgan fingerprint density at radius 1 is 1.16 bits per heavy atom. The number of rotatable bonds is 7. The first-order valence-corrected chi connectivity index (χ1v) is 12.4. The number of hydrogen-bond acceptors (Lipinski definition) is 5. The number of ether oxygens (including phenoxy) is 1. The van der Waals surface area contributed by atoms with E-state index in [9.17, 15) is 15.3 Å². The van der Waals surface area contributed by atoms with Gasteiger partial charge in [-0.05, 0) is 95.0 Å². The highest BCUT2D eigenvalue weighted by Gasteiger charge is 2.51. The van der Waals surface area contributed by atoms with E-state index in [2.05, 4.69) is 26.0 Å². The molecule has 5 heteroatoms. The van der Waals surface area contributed by atoms with Crippen molar-refractivity contribution in [3.63, 3.8) is 0 Å². The average Bonchev–Trinajstić information content (AvgIpc) is 3.05. The minimum Gasteiger partial charge on any atom is -0.392 e. The molecule has 0 aromatic rings. The molecule has 4 N–H and O–H groups in total. The molecule has 0 heterocycles. The van der Waals surface area contributed by atoms with Gasteiger partial charge in [0, 0.05) is 6.61 Å². The second-order valence-electron chi connectivity index (χ2n) is 11.1. The van der Waals surface area contributed by atoms with Crippen LogP contribution in [0.5, 0.6) is 0 Å². The summed E-state index contributed by atoms with van der Waals surface area (Å²) in [6.45, 7) is 8.72. The summed E-state index contributed by atoms with van der Waals surface area (Å²) in [6, 6.07) is 0. The van der Waals surface area contributed by atoms with Crippen molar-refractivity contribution >= 4 is 0 Å². The standard InChI is InChI=1S/C27H44O5/c1-18(32-15-13-26(2,3)31)22-9-10-23-20(6-5-12-27(22,23)4)8-7-19-16-24(29)21(11-14-28)25(30)17-19/h7-8,11,18,22-25,28-31H,5-6,9-10,12-17H2,1-4H3/b19-7?,20-8+,21-11?/t18-,22?,23?,24-,25-,27?/m1/s1. The molecule has 5 nitrogen and oxygen atoms in total. The molecular weight excluding hydrogens is 404 g/mol. The third-order valence-corrected chi connectivity index (χ3v) is 8.24. The summed E-state index contributed by atoms with van der Waals surface area (Å²) in [5, 5.41) is 39.8. The highest BCUT2D eigenvalue weighted by Crippen LogP contribution is 2.58. The van der Waals surface area contributed by atoms with E-state index in [1.165, 1.54) is 37.3 Å². The summed E-state index contributed by atoms with van der Waals surface area (Å²) in [4.78, 5) is 0. The largest absolute Gasteiger partial charge is 0.392 e. The van der Waals surface area contributed by atoms with E-state index < -0.39 is 17.8 Å². The molecule has 3 aliphatic rings. The summed E-state index contributed by atoms with van der Waals surface area (Å²) in [5.74, 6) is 1.08. The van der Waals surface area contributed by atoms with Gasteiger partial charge in [0.25, 0.3) is 0 Å². The van der Waals surface area contributed by atoms with Crippen molar-refractivity contribution in [2.24, 2.45) is 17.3 Å². The van der Waals surface area contributed by atoms with Crippen LogP contribution in [0.15, 0.2) is 34.9 Å². The molecule has 32 heavy (non-hydrogen) atoms. The van der Waals surface area contributed by atoms with Crippen molar-refractivity contribution in [2.75, 3.05) is 13.2 Å². The van der Waals surface area contributed by atoms with Crippen molar-refractivity contribution in [2.45, 2.75) is 103 Å². The minimum absolute atomic E-state index is 0.159. The summed E-state index contributed by atoms with van der Waals surface area (Å²) < 4.78 is 6.19. The lowest BCUT2D eigenvalue weighted by molar-refractivity contribution is -0.0454. The first-order chi connectivity index (χ1) is 15.0. The van der Waals surface area contributed by atoms with E-state index in [0.29, 0.717) is 43.3 Å². The van der Waals surface area contributed by atoms with E-state index in [-0.39, 0.29) is 18.1 Å². The van der Waals surface area contributed by atoms with Crippen LogP contribution in [0, 0.1) is 17.3 Å². The van der Waals surface area contributed by atoms with Crippen LogP contribution in [0.2, 0.25) is 0 Å². The second kappa shape index (κ2) is 10.5. The topological polar surface area (TPSA) is 90.2 Å². The normalized spacial score (nSPS) is 35.7. The number of fused-ring (bicyclic) bond motifs is 1. The van der Waals surface area contributed by atoms with Gasteiger partial charge in [0.1, 0.15) is 0 Å². The van der Waals surface area contributed by atoms with Gasteiger partial charge in [0.15, 0.2) is 0 Å². The van der Waals surface area contributed by atoms with Crippen LogP contribution in [0.1, 0.15) is 79.1 Å².